The summed E-state index contributed by atoms with van der Waals surface area (Å²) in [4.78, 5) is 13.5. The van der Waals surface area contributed by atoms with Gasteiger partial charge in [0.25, 0.3) is 0 Å². The molecule has 0 aliphatic heterocycles. The largest absolute Gasteiger partial charge is 0.480 e. The van der Waals surface area contributed by atoms with Crippen LogP contribution in [0.25, 0.3) is 0 Å². The van der Waals surface area contributed by atoms with Crippen LogP contribution in [0.5, 0.6) is 11.5 Å². The Labute approximate surface area is 137 Å². The van der Waals surface area contributed by atoms with Crippen molar-refractivity contribution in [3.63, 3.8) is 0 Å². The fourth-order valence-electron chi connectivity index (χ4n) is 2.58. The molecule has 23 heavy (non-hydrogen) atoms. The van der Waals surface area contributed by atoms with E-state index >= 15 is 0 Å². The summed E-state index contributed by atoms with van der Waals surface area (Å²) in [6.07, 6.45) is 0.489. The third kappa shape index (κ3) is 4.83. The molecular weight excluding hydrogens is 290 g/mol. The highest BCUT2D eigenvalue weighted by molar-refractivity contribution is 5.74. The van der Waals surface area contributed by atoms with Crippen LogP contribution in [0.3, 0.4) is 0 Å². The van der Waals surface area contributed by atoms with Crippen molar-refractivity contribution in [1.82, 2.24) is 4.90 Å². The van der Waals surface area contributed by atoms with Gasteiger partial charge in [-0.1, -0.05) is 44.2 Å². The fourth-order valence-corrected chi connectivity index (χ4v) is 2.58. The number of likely N-dealkylation sites (N-methyl/N-ethyl adjacent to an activating group) is 1. The van der Waals surface area contributed by atoms with E-state index in [0.29, 0.717) is 6.42 Å². The summed E-state index contributed by atoms with van der Waals surface area (Å²) in [7, 11) is 0. The average molecular weight is 313 g/mol. The van der Waals surface area contributed by atoms with Crippen LogP contribution in [0.2, 0.25) is 0 Å². The zero-order valence-corrected chi connectivity index (χ0v) is 13.6. The monoisotopic (exact) mass is 313 g/mol. The Morgan fingerprint density at radius 1 is 1.00 bits per heavy atom. The number of carboxylic acids is 1. The highest BCUT2D eigenvalue weighted by Gasteiger charge is 2.23. The van der Waals surface area contributed by atoms with Gasteiger partial charge in [-0.25, -0.2) is 0 Å². The van der Waals surface area contributed by atoms with Crippen LogP contribution in [0.1, 0.15) is 19.4 Å². The van der Waals surface area contributed by atoms with Crippen molar-refractivity contribution in [1.29, 1.82) is 0 Å². The van der Waals surface area contributed by atoms with Crippen molar-refractivity contribution < 1.29 is 14.6 Å². The number of hydrogen-bond acceptors (Lipinski definition) is 3. The summed E-state index contributed by atoms with van der Waals surface area (Å²) in [5, 5.41) is 9.45. The lowest BCUT2D eigenvalue weighted by atomic mass is 10.0. The second kappa shape index (κ2) is 8.34. The molecule has 0 aliphatic carbocycles. The number of hydrogen-bond donors (Lipinski definition) is 1. The zero-order chi connectivity index (χ0) is 16.7. The highest BCUT2D eigenvalue weighted by Crippen LogP contribution is 2.22. The molecule has 0 aliphatic rings. The summed E-state index contributed by atoms with van der Waals surface area (Å²) in [5.41, 5.74) is 0.990. The number of para-hydroxylation sites is 1. The molecule has 2 aromatic carbocycles. The molecule has 1 atom stereocenters. The van der Waals surface area contributed by atoms with Crippen molar-refractivity contribution in [2.24, 2.45) is 0 Å². The molecule has 0 fully saturated rings. The first-order chi connectivity index (χ1) is 11.1. The van der Waals surface area contributed by atoms with Gasteiger partial charge in [-0.05, 0) is 49.3 Å². The van der Waals surface area contributed by atoms with Gasteiger partial charge in [0, 0.05) is 0 Å². The van der Waals surface area contributed by atoms with E-state index in [9.17, 15) is 9.90 Å². The maximum Gasteiger partial charge on any atom is 0.321 e. The van der Waals surface area contributed by atoms with Gasteiger partial charge in [0.05, 0.1) is 0 Å². The standard InChI is InChI=1S/C19H23NO3/c1-3-20(4-2)18(19(21)22)14-15-10-12-17(13-11-15)23-16-8-6-5-7-9-16/h5-13,18H,3-4,14H2,1-2H3,(H,21,22)/t18-/m1/s1. The predicted molar refractivity (Wildman–Crippen MR) is 91.0 cm³/mol. The van der Waals surface area contributed by atoms with Crippen LogP contribution in [-0.4, -0.2) is 35.1 Å². The number of benzene rings is 2. The molecule has 4 nitrogen and oxygen atoms in total. The molecule has 122 valence electrons. The normalized spacial score (nSPS) is 12.1. The van der Waals surface area contributed by atoms with E-state index in [4.69, 9.17) is 4.74 Å². The third-order valence-electron chi connectivity index (χ3n) is 3.87. The third-order valence-corrected chi connectivity index (χ3v) is 3.87. The van der Waals surface area contributed by atoms with Crippen molar-refractivity contribution in [2.75, 3.05) is 13.1 Å². The van der Waals surface area contributed by atoms with Crippen LogP contribution in [-0.2, 0) is 11.2 Å². The number of ether oxygens (including phenoxy) is 1. The van der Waals surface area contributed by atoms with Crippen LogP contribution in [0.15, 0.2) is 54.6 Å². The van der Waals surface area contributed by atoms with E-state index < -0.39 is 12.0 Å². The van der Waals surface area contributed by atoms with Gasteiger partial charge in [-0.3, -0.25) is 9.69 Å². The van der Waals surface area contributed by atoms with Gasteiger partial charge in [0.15, 0.2) is 0 Å². The minimum atomic E-state index is -0.779. The van der Waals surface area contributed by atoms with Crippen LogP contribution < -0.4 is 4.74 Å². The first kappa shape index (κ1) is 17.0. The van der Waals surface area contributed by atoms with E-state index in [1.165, 1.54) is 0 Å². The highest BCUT2D eigenvalue weighted by atomic mass is 16.5. The average Bonchev–Trinajstić information content (AvgIpc) is 2.57. The van der Waals surface area contributed by atoms with Crippen molar-refractivity contribution >= 4 is 5.97 Å². The van der Waals surface area contributed by atoms with E-state index in [0.717, 1.165) is 30.2 Å². The molecule has 0 saturated carbocycles. The molecule has 2 aromatic rings. The van der Waals surface area contributed by atoms with E-state index in [2.05, 4.69) is 0 Å². The second-order valence-electron chi connectivity index (χ2n) is 5.34. The minimum Gasteiger partial charge on any atom is -0.480 e. The lowest BCUT2D eigenvalue weighted by molar-refractivity contribution is -0.143. The molecule has 0 radical (unpaired) electrons. The van der Waals surface area contributed by atoms with Crippen molar-refractivity contribution in [3.05, 3.63) is 60.2 Å². The number of aliphatic carboxylic acids is 1. The molecule has 4 heteroatoms. The molecule has 0 spiro atoms. The summed E-state index contributed by atoms with van der Waals surface area (Å²) < 4.78 is 5.75. The quantitative estimate of drug-likeness (QED) is 0.805. The maximum absolute atomic E-state index is 11.5. The molecule has 1 N–H and O–H groups in total. The number of rotatable bonds is 8. The van der Waals surface area contributed by atoms with Gasteiger partial charge in [-0.2, -0.15) is 0 Å². The summed E-state index contributed by atoms with van der Waals surface area (Å²) in [5.74, 6) is 0.750. The smallest absolute Gasteiger partial charge is 0.321 e. The van der Waals surface area contributed by atoms with E-state index in [1.54, 1.807) is 0 Å². The second-order valence-corrected chi connectivity index (χ2v) is 5.34. The number of carbonyl (C=O) groups is 1. The molecule has 0 amide bonds. The van der Waals surface area contributed by atoms with Gasteiger partial charge in [0.2, 0.25) is 0 Å². The summed E-state index contributed by atoms with van der Waals surface area (Å²) in [6.45, 7) is 5.41. The zero-order valence-electron chi connectivity index (χ0n) is 13.6. The van der Waals surface area contributed by atoms with Crippen LogP contribution in [0, 0.1) is 0 Å². The molecule has 0 unspecified atom stereocenters. The molecule has 0 bridgehead atoms. The summed E-state index contributed by atoms with van der Waals surface area (Å²) >= 11 is 0. The van der Waals surface area contributed by atoms with Crippen molar-refractivity contribution in [3.8, 4) is 11.5 Å². The topological polar surface area (TPSA) is 49.8 Å². The first-order valence-electron chi connectivity index (χ1n) is 7.92. The van der Waals surface area contributed by atoms with Gasteiger partial charge < -0.3 is 9.84 Å². The van der Waals surface area contributed by atoms with Crippen molar-refractivity contribution in [2.45, 2.75) is 26.3 Å². The fraction of sp³-hybridized carbons (Fsp3) is 0.316. The van der Waals surface area contributed by atoms with Gasteiger partial charge >= 0.3 is 5.97 Å². The number of carboxylic acid groups (broad SMARTS) is 1. The Bertz CT molecular complexity index is 606. The SMILES string of the molecule is CCN(CC)[C@H](Cc1ccc(Oc2ccccc2)cc1)C(=O)O. The Hall–Kier alpha value is -2.33. The lowest BCUT2D eigenvalue weighted by Crippen LogP contribution is -2.42. The molecule has 2 rings (SSSR count). The van der Waals surface area contributed by atoms with Gasteiger partial charge in [0.1, 0.15) is 17.5 Å². The number of nitrogens with zero attached hydrogens (tertiary/aromatic N) is 1. The van der Waals surface area contributed by atoms with Crippen LogP contribution in [0.4, 0.5) is 0 Å². The van der Waals surface area contributed by atoms with E-state index in [1.807, 2.05) is 73.3 Å². The molecular formula is C19H23NO3. The first-order valence-corrected chi connectivity index (χ1v) is 7.92. The van der Waals surface area contributed by atoms with E-state index in [-0.39, 0.29) is 0 Å². The molecule has 0 saturated heterocycles. The minimum absolute atomic E-state index is 0.489. The Morgan fingerprint density at radius 2 is 1.57 bits per heavy atom. The Kier molecular flexibility index (Phi) is 6.18. The molecule has 0 heterocycles. The van der Waals surface area contributed by atoms with Gasteiger partial charge in [-0.15, -0.1) is 0 Å². The van der Waals surface area contributed by atoms with Crippen LogP contribution >= 0.6 is 0 Å². The maximum atomic E-state index is 11.5. The predicted octanol–water partition coefficient (Wildman–Crippen LogP) is 3.82. The Morgan fingerprint density at radius 3 is 2.09 bits per heavy atom. The molecule has 0 aromatic heterocycles. The Balaban J connectivity index is 2.05. The summed E-state index contributed by atoms with van der Waals surface area (Å²) in [6, 6.07) is 16.7. The lowest BCUT2D eigenvalue weighted by Gasteiger charge is -2.26.